The monoisotopic (exact) mass is 700 g/mol. The van der Waals surface area contributed by atoms with Crippen LogP contribution >= 0.6 is 0 Å². The molecule has 0 spiro atoms. The first-order chi connectivity index (χ1) is 25.5. The summed E-state index contributed by atoms with van der Waals surface area (Å²) < 4.78 is 11.2. The molecule has 5 heteroatoms. The summed E-state index contributed by atoms with van der Waals surface area (Å²) in [6, 6.07) is 36.6. The molecule has 0 saturated carbocycles. The van der Waals surface area contributed by atoms with Crippen LogP contribution in [-0.2, 0) is 21.1 Å². The summed E-state index contributed by atoms with van der Waals surface area (Å²) in [5.41, 5.74) is 8.84. The number of aromatic nitrogens is 5. The third kappa shape index (κ3) is 8.48. The highest BCUT2D eigenvalue weighted by atomic mass is 15.3. The topological polar surface area (TPSA) is 22.5 Å². The van der Waals surface area contributed by atoms with E-state index in [9.17, 15) is 0 Å². The fourth-order valence-corrected chi connectivity index (χ4v) is 6.46. The lowest BCUT2D eigenvalue weighted by atomic mass is 10.1. The van der Waals surface area contributed by atoms with Crippen LogP contribution in [0.25, 0.3) is 55.4 Å². The van der Waals surface area contributed by atoms with E-state index in [1.807, 2.05) is 69.2 Å². The van der Waals surface area contributed by atoms with E-state index in [1.54, 1.807) is 0 Å². The Hall–Kier alpha value is -5.16. The molecule has 8 aromatic rings. The SMILES string of the molecule is CC.CC.CC.CC.CC.Cc1cccc2c3ccccc3n(-c3n(C)cc[n+]3C)c12.Cc1ccccc1-n1c2ccccc2c2ccc[n+](C)c21. The summed E-state index contributed by atoms with van der Waals surface area (Å²) >= 11 is 0. The van der Waals surface area contributed by atoms with Crippen LogP contribution in [0.5, 0.6) is 0 Å². The zero-order valence-electron chi connectivity index (χ0n) is 34.8. The highest BCUT2D eigenvalue weighted by Gasteiger charge is 2.24. The van der Waals surface area contributed by atoms with E-state index in [-0.39, 0.29) is 0 Å². The van der Waals surface area contributed by atoms with Crippen LogP contribution in [0.2, 0.25) is 0 Å². The van der Waals surface area contributed by atoms with Gasteiger partial charge in [0, 0.05) is 16.2 Å². The van der Waals surface area contributed by atoms with Crippen molar-refractivity contribution in [2.45, 2.75) is 83.1 Å². The van der Waals surface area contributed by atoms with E-state index in [2.05, 4.69) is 180 Å². The quantitative estimate of drug-likeness (QED) is 0.160. The molecule has 0 aliphatic rings. The van der Waals surface area contributed by atoms with Crippen LogP contribution < -0.4 is 9.13 Å². The van der Waals surface area contributed by atoms with Crippen molar-refractivity contribution < 1.29 is 9.13 Å². The van der Waals surface area contributed by atoms with Gasteiger partial charge in [-0.25, -0.2) is 13.7 Å². The van der Waals surface area contributed by atoms with E-state index in [4.69, 9.17) is 0 Å². The second-order valence-corrected chi connectivity index (χ2v) is 11.1. The molecule has 0 unspecified atom stereocenters. The molecule has 52 heavy (non-hydrogen) atoms. The Morgan fingerprint density at radius 1 is 0.442 bits per heavy atom. The maximum absolute atomic E-state index is 2.36. The van der Waals surface area contributed by atoms with Crippen LogP contribution in [0.15, 0.2) is 122 Å². The molecule has 0 aliphatic carbocycles. The van der Waals surface area contributed by atoms with Crippen molar-refractivity contribution >= 4 is 43.7 Å². The smallest absolute Gasteiger partial charge is 0.237 e. The average molecular weight is 700 g/mol. The summed E-state index contributed by atoms with van der Waals surface area (Å²) in [4.78, 5) is 0. The number of fused-ring (bicyclic) bond motifs is 6. The largest absolute Gasteiger partial charge is 0.369 e. The lowest BCUT2D eigenvalue weighted by molar-refractivity contribution is -0.664. The number of para-hydroxylation sites is 4. The third-order valence-corrected chi connectivity index (χ3v) is 8.39. The molecule has 0 radical (unpaired) electrons. The Balaban J connectivity index is 0.000000291. The predicted octanol–water partition coefficient (Wildman–Crippen LogP) is 12.3. The number of nitrogens with zero attached hydrogens (tertiary/aromatic N) is 5. The Labute approximate surface area is 314 Å². The number of hydrogen-bond donors (Lipinski definition) is 0. The van der Waals surface area contributed by atoms with Crippen LogP contribution in [0, 0.1) is 13.8 Å². The molecule has 4 aromatic heterocycles. The van der Waals surface area contributed by atoms with Gasteiger partial charge in [0.1, 0.15) is 22.2 Å². The molecule has 0 fully saturated rings. The molecule has 0 saturated heterocycles. The van der Waals surface area contributed by atoms with Crippen molar-refractivity contribution in [3.63, 3.8) is 0 Å². The first kappa shape index (κ1) is 43.0. The fourth-order valence-electron chi connectivity index (χ4n) is 6.46. The Bertz CT molecular complexity index is 2240. The number of pyridine rings is 1. The van der Waals surface area contributed by atoms with Crippen LogP contribution in [-0.4, -0.2) is 13.7 Å². The van der Waals surface area contributed by atoms with Crippen molar-refractivity contribution in [1.29, 1.82) is 0 Å². The van der Waals surface area contributed by atoms with E-state index in [0.29, 0.717) is 0 Å². The van der Waals surface area contributed by atoms with Gasteiger partial charge in [0.2, 0.25) is 0 Å². The zero-order valence-corrected chi connectivity index (χ0v) is 34.8. The molecule has 4 aromatic carbocycles. The number of hydrogen-bond acceptors (Lipinski definition) is 0. The minimum atomic E-state index is 1.16. The molecular formula is C47H65N5+2. The first-order valence-electron chi connectivity index (χ1n) is 19.4. The van der Waals surface area contributed by atoms with Gasteiger partial charge in [-0.05, 0) is 61.4 Å². The van der Waals surface area contributed by atoms with Gasteiger partial charge in [0.05, 0.1) is 45.1 Å². The van der Waals surface area contributed by atoms with Crippen molar-refractivity contribution in [2.75, 3.05) is 0 Å². The fraction of sp³-hybridized carbons (Fsp3) is 0.319. The normalized spacial score (nSPS) is 9.83. The standard InChI is InChI=1S/C19H17N2.C18H18N3.5C2H6/c1-14-8-3-5-11-17(14)21-18-12-6-4-9-15(18)16-10-7-13-20(2)19(16)21;1-13-7-6-9-15-14-8-4-5-10-16(14)21(17(13)15)18-19(2)11-12-20(18)3;5*1-2/h3-13H,1-2H3;4-12H,1-3H3;5*1-2H3/q2*+1;;;;;. The summed E-state index contributed by atoms with van der Waals surface area (Å²) in [5.74, 6) is 1.16. The lowest BCUT2D eigenvalue weighted by Crippen LogP contribution is -2.32. The van der Waals surface area contributed by atoms with E-state index in [0.717, 1.165) is 5.95 Å². The number of rotatable bonds is 2. The highest BCUT2D eigenvalue weighted by molar-refractivity contribution is 6.10. The number of imidazole rings is 1. The van der Waals surface area contributed by atoms with Gasteiger partial charge < -0.3 is 0 Å². The minimum absolute atomic E-state index is 1.16. The second kappa shape index (κ2) is 21.3. The summed E-state index contributed by atoms with van der Waals surface area (Å²) in [5, 5.41) is 5.20. The minimum Gasteiger partial charge on any atom is -0.237 e. The second-order valence-electron chi connectivity index (χ2n) is 11.1. The van der Waals surface area contributed by atoms with Gasteiger partial charge in [-0.2, -0.15) is 9.13 Å². The molecule has 0 atom stereocenters. The summed E-state index contributed by atoms with van der Waals surface area (Å²) in [7, 11) is 6.29. The van der Waals surface area contributed by atoms with Crippen molar-refractivity contribution in [2.24, 2.45) is 21.1 Å². The molecule has 0 amide bonds. The number of benzene rings is 4. The maximum atomic E-state index is 2.36. The van der Waals surface area contributed by atoms with E-state index < -0.39 is 0 Å². The molecule has 276 valence electrons. The molecule has 0 bridgehead atoms. The van der Waals surface area contributed by atoms with Crippen LogP contribution in [0.3, 0.4) is 0 Å². The average Bonchev–Trinajstić information content (AvgIpc) is 3.85. The van der Waals surface area contributed by atoms with Crippen LogP contribution in [0.4, 0.5) is 0 Å². The highest BCUT2D eigenvalue weighted by Crippen LogP contribution is 2.33. The zero-order chi connectivity index (χ0) is 39.0. The Morgan fingerprint density at radius 3 is 1.50 bits per heavy atom. The maximum Gasteiger partial charge on any atom is 0.369 e. The molecule has 5 nitrogen and oxygen atoms in total. The van der Waals surface area contributed by atoms with Crippen molar-refractivity contribution in [3.8, 4) is 11.6 Å². The van der Waals surface area contributed by atoms with E-state index >= 15 is 0 Å². The Morgan fingerprint density at radius 2 is 0.923 bits per heavy atom. The third-order valence-electron chi connectivity index (χ3n) is 8.39. The van der Waals surface area contributed by atoms with Crippen LogP contribution in [0.1, 0.15) is 80.4 Å². The first-order valence-corrected chi connectivity index (χ1v) is 19.4. The molecule has 4 heterocycles. The predicted molar refractivity (Wildman–Crippen MR) is 229 cm³/mol. The van der Waals surface area contributed by atoms with Gasteiger partial charge in [-0.3, -0.25) is 0 Å². The van der Waals surface area contributed by atoms with Crippen molar-refractivity contribution in [3.05, 3.63) is 133 Å². The summed E-state index contributed by atoms with van der Waals surface area (Å²) in [6.07, 6.45) is 6.29. The van der Waals surface area contributed by atoms with Gasteiger partial charge in [-0.1, -0.05) is 136 Å². The van der Waals surface area contributed by atoms with Gasteiger partial charge in [0.15, 0.2) is 0 Å². The Kier molecular flexibility index (Phi) is 17.6. The molecular weight excluding hydrogens is 635 g/mol. The van der Waals surface area contributed by atoms with Gasteiger partial charge in [0.25, 0.3) is 5.65 Å². The molecule has 8 rings (SSSR count). The van der Waals surface area contributed by atoms with Crippen molar-refractivity contribution in [1.82, 2.24) is 13.7 Å². The number of aryl methyl sites for hydroxylation is 5. The van der Waals surface area contributed by atoms with Gasteiger partial charge in [-0.15, -0.1) is 0 Å². The lowest BCUT2D eigenvalue weighted by Gasteiger charge is -2.04. The molecule has 0 N–H and O–H groups in total. The van der Waals surface area contributed by atoms with E-state index in [1.165, 1.54) is 60.6 Å². The molecule has 0 aliphatic heterocycles. The van der Waals surface area contributed by atoms with Gasteiger partial charge >= 0.3 is 5.95 Å². The summed E-state index contributed by atoms with van der Waals surface area (Å²) in [6.45, 7) is 24.3.